The largest absolute Gasteiger partial charge is 0.478 e. The third-order valence-electron chi connectivity index (χ3n) is 3.91. The lowest BCUT2D eigenvalue weighted by Crippen LogP contribution is -2.32. The molecular formula is C19H26O3. The molecule has 0 bridgehead atoms. The van der Waals surface area contributed by atoms with Crippen molar-refractivity contribution in [2.45, 2.75) is 58.5 Å². The first-order valence-electron chi connectivity index (χ1n) is 8.38. The molecule has 3 nitrogen and oxygen atoms in total. The highest BCUT2D eigenvalue weighted by molar-refractivity contribution is 5.82. The molecule has 0 N–H and O–H groups in total. The topological polar surface area (TPSA) is 35.5 Å². The summed E-state index contributed by atoms with van der Waals surface area (Å²) in [6, 6.07) is 7.93. The van der Waals surface area contributed by atoms with Crippen LogP contribution < -0.4 is 4.74 Å². The highest BCUT2D eigenvalue weighted by atomic mass is 16.6. The number of allylic oxidation sites excluding steroid dienone is 1. The average molecular weight is 302 g/mol. The van der Waals surface area contributed by atoms with Gasteiger partial charge in [-0.05, 0) is 31.4 Å². The monoisotopic (exact) mass is 302 g/mol. The van der Waals surface area contributed by atoms with Crippen molar-refractivity contribution < 1.29 is 14.3 Å². The lowest BCUT2D eigenvalue weighted by molar-refractivity contribution is -0.151. The molecule has 120 valence electrons. The summed E-state index contributed by atoms with van der Waals surface area (Å²) in [5, 5.41) is 0. The molecule has 22 heavy (non-hydrogen) atoms. The molecule has 1 aliphatic rings. The fourth-order valence-corrected chi connectivity index (χ4v) is 2.75. The van der Waals surface area contributed by atoms with Crippen LogP contribution in [0, 0.1) is 0 Å². The number of esters is 1. The maximum atomic E-state index is 12.0. The van der Waals surface area contributed by atoms with Crippen LogP contribution in [-0.2, 0) is 9.53 Å². The number of ether oxygens (including phenoxy) is 2. The number of fused-ring (bicyclic) bond motifs is 1. The minimum atomic E-state index is -0.517. The van der Waals surface area contributed by atoms with Gasteiger partial charge in [-0.15, -0.1) is 0 Å². The first kappa shape index (κ1) is 16.6. The number of carbonyl (C=O) groups excluding carboxylic acids is 1. The Morgan fingerprint density at radius 2 is 2.09 bits per heavy atom. The summed E-state index contributed by atoms with van der Waals surface area (Å²) >= 11 is 0. The molecule has 1 aromatic carbocycles. The zero-order valence-corrected chi connectivity index (χ0v) is 13.6. The summed E-state index contributed by atoms with van der Waals surface area (Å²) in [5.74, 6) is 0.514. The van der Waals surface area contributed by atoms with Crippen LogP contribution in [0.3, 0.4) is 0 Å². The third-order valence-corrected chi connectivity index (χ3v) is 3.91. The van der Waals surface area contributed by atoms with Crippen LogP contribution in [0.4, 0.5) is 0 Å². The van der Waals surface area contributed by atoms with Crippen molar-refractivity contribution in [1.29, 1.82) is 0 Å². The van der Waals surface area contributed by atoms with E-state index in [2.05, 4.69) is 19.1 Å². The van der Waals surface area contributed by atoms with Gasteiger partial charge in [-0.2, -0.15) is 0 Å². The van der Waals surface area contributed by atoms with Crippen LogP contribution >= 0.6 is 0 Å². The lowest BCUT2D eigenvalue weighted by atomic mass is 9.94. The Kier molecular flexibility index (Phi) is 6.50. The van der Waals surface area contributed by atoms with Gasteiger partial charge in [-0.25, -0.2) is 4.79 Å². The van der Waals surface area contributed by atoms with Crippen LogP contribution in [0.2, 0.25) is 0 Å². The van der Waals surface area contributed by atoms with Gasteiger partial charge in [0.25, 0.3) is 0 Å². The highest BCUT2D eigenvalue weighted by Gasteiger charge is 2.29. The highest BCUT2D eigenvalue weighted by Crippen LogP contribution is 2.36. The maximum Gasteiger partial charge on any atom is 0.347 e. The summed E-state index contributed by atoms with van der Waals surface area (Å²) in [6.45, 7) is 4.42. The second-order valence-corrected chi connectivity index (χ2v) is 5.64. The van der Waals surface area contributed by atoms with E-state index in [0.29, 0.717) is 13.0 Å². The maximum absolute atomic E-state index is 12.0. The minimum Gasteiger partial charge on any atom is -0.478 e. The smallest absolute Gasteiger partial charge is 0.347 e. The van der Waals surface area contributed by atoms with Crippen molar-refractivity contribution in [2.24, 2.45) is 0 Å². The van der Waals surface area contributed by atoms with Gasteiger partial charge in [0.2, 0.25) is 0 Å². The molecule has 1 unspecified atom stereocenters. The Labute approximate surface area is 133 Å². The molecule has 0 aliphatic carbocycles. The van der Waals surface area contributed by atoms with Crippen LogP contribution in [0.15, 0.2) is 30.3 Å². The van der Waals surface area contributed by atoms with Gasteiger partial charge in [0, 0.05) is 12.0 Å². The van der Waals surface area contributed by atoms with Crippen LogP contribution in [-0.4, -0.2) is 18.7 Å². The Morgan fingerprint density at radius 1 is 1.27 bits per heavy atom. The molecule has 0 amide bonds. The van der Waals surface area contributed by atoms with Gasteiger partial charge < -0.3 is 9.47 Å². The second kappa shape index (κ2) is 8.62. The first-order chi connectivity index (χ1) is 10.8. The van der Waals surface area contributed by atoms with Crippen molar-refractivity contribution in [3.63, 3.8) is 0 Å². The predicted molar refractivity (Wildman–Crippen MR) is 88.8 cm³/mol. The Morgan fingerprint density at radius 3 is 2.86 bits per heavy atom. The molecule has 1 atom stereocenters. The molecule has 3 heteroatoms. The van der Waals surface area contributed by atoms with E-state index in [1.54, 1.807) is 0 Å². The van der Waals surface area contributed by atoms with E-state index in [0.717, 1.165) is 17.7 Å². The van der Waals surface area contributed by atoms with Crippen LogP contribution in [0.1, 0.15) is 57.9 Å². The van der Waals surface area contributed by atoms with Gasteiger partial charge in [0.05, 0.1) is 6.61 Å². The van der Waals surface area contributed by atoms with E-state index in [1.165, 1.54) is 31.3 Å². The minimum absolute atomic E-state index is 0.270. The van der Waals surface area contributed by atoms with Gasteiger partial charge in [0.1, 0.15) is 5.75 Å². The fraction of sp³-hybridized carbons (Fsp3) is 0.526. The number of rotatable bonds is 7. The summed E-state index contributed by atoms with van der Waals surface area (Å²) in [6.07, 6.45) is 8.40. The van der Waals surface area contributed by atoms with Crippen molar-refractivity contribution in [3.05, 3.63) is 35.9 Å². The number of hydrogen-bond acceptors (Lipinski definition) is 3. The van der Waals surface area contributed by atoms with E-state index in [-0.39, 0.29) is 5.97 Å². The number of hydrogen-bond donors (Lipinski definition) is 0. The van der Waals surface area contributed by atoms with Crippen molar-refractivity contribution in [1.82, 2.24) is 0 Å². The molecule has 2 rings (SSSR count). The molecule has 0 saturated carbocycles. The van der Waals surface area contributed by atoms with E-state index in [1.807, 2.05) is 25.1 Å². The second-order valence-electron chi connectivity index (χ2n) is 5.64. The summed E-state index contributed by atoms with van der Waals surface area (Å²) in [5.41, 5.74) is 2.31. The molecule has 0 fully saturated rings. The fourth-order valence-electron chi connectivity index (χ4n) is 2.75. The number of para-hydroxylation sites is 1. The van der Waals surface area contributed by atoms with Crippen molar-refractivity contribution in [3.8, 4) is 5.75 Å². The Bertz CT molecular complexity index is 519. The standard InChI is InChI=1S/C19H26O3/c1-3-5-6-7-8-11-15-14-18(19(20)21-4-2)22-17-13-10-9-12-16(15)17/h9-13,18H,3-8,14H2,1-2H3/b15-11+. The molecule has 0 radical (unpaired) electrons. The van der Waals surface area contributed by atoms with Gasteiger partial charge in [-0.3, -0.25) is 0 Å². The first-order valence-corrected chi connectivity index (χ1v) is 8.38. The molecule has 1 heterocycles. The summed E-state index contributed by atoms with van der Waals surface area (Å²) < 4.78 is 10.9. The number of carbonyl (C=O) groups is 1. The quantitative estimate of drug-likeness (QED) is 0.538. The molecule has 0 saturated heterocycles. The van der Waals surface area contributed by atoms with E-state index in [4.69, 9.17) is 9.47 Å². The average Bonchev–Trinajstić information content (AvgIpc) is 2.54. The van der Waals surface area contributed by atoms with Gasteiger partial charge >= 0.3 is 5.97 Å². The van der Waals surface area contributed by atoms with Crippen molar-refractivity contribution in [2.75, 3.05) is 6.61 Å². The lowest BCUT2D eigenvalue weighted by Gasteiger charge is -2.26. The number of unbranched alkanes of at least 4 members (excludes halogenated alkanes) is 4. The predicted octanol–water partition coefficient (Wildman–Crippen LogP) is 4.75. The molecule has 0 aromatic heterocycles. The molecule has 1 aliphatic heterocycles. The summed E-state index contributed by atoms with van der Waals surface area (Å²) in [4.78, 5) is 12.0. The van der Waals surface area contributed by atoms with Crippen LogP contribution in [0.5, 0.6) is 5.75 Å². The zero-order chi connectivity index (χ0) is 15.8. The third kappa shape index (κ3) is 4.36. The van der Waals surface area contributed by atoms with E-state index < -0.39 is 6.10 Å². The molecule has 1 aromatic rings. The summed E-state index contributed by atoms with van der Waals surface area (Å²) in [7, 11) is 0. The van der Waals surface area contributed by atoms with E-state index >= 15 is 0 Å². The van der Waals surface area contributed by atoms with E-state index in [9.17, 15) is 4.79 Å². The van der Waals surface area contributed by atoms with Crippen molar-refractivity contribution >= 4 is 11.5 Å². The Hall–Kier alpha value is -1.77. The Balaban J connectivity index is 2.09. The normalized spacial score (nSPS) is 18.6. The zero-order valence-electron chi connectivity index (χ0n) is 13.6. The molecule has 0 spiro atoms. The van der Waals surface area contributed by atoms with Gasteiger partial charge in [0.15, 0.2) is 6.10 Å². The molecular weight excluding hydrogens is 276 g/mol. The number of benzene rings is 1. The SMILES string of the molecule is CCCCCC/C=C1\CC(C(=O)OCC)Oc2ccccc21. The van der Waals surface area contributed by atoms with Gasteiger partial charge in [-0.1, -0.05) is 50.5 Å². The van der Waals surface area contributed by atoms with Crippen LogP contribution in [0.25, 0.3) is 5.57 Å².